The van der Waals surface area contributed by atoms with E-state index in [9.17, 15) is 24.2 Å². The summed E-state index contributed by atoms with van der Waals surface area (Å²) in [5.74, 6) is -0.963. The maximum atomic E-state index is 12.5. The molecule has 0 saturated carbocycles. The van der Waals surface area contributed by atoms with E-state index in [2.05, 4.69) is 26.0 Å². The molecular formula is C41H74NO9P. The zero-order valence-corrected chi connectivity index (χ0v) is 33.5. The van der Waals surface area contributed by atoms with Crippen LogP contribution in [0.2, 0.25) is 0 Å². The minimum atomic E-state index is -4.41. The van der Waals surface area contributed by atoms with Crippen molar-refractivity contribution in [2.24, 2.45) is 5.73 Å². The van der Waals surface area contributed by atoms with E-state index in [-0.39, 0.29) is 32.6 Å². The van der Waals surface area contributed by atoms with Crippen LogP contribution in [0.15, 0.2) is 48.6 Å². The van der Waals surface area contributed by atoms with Gasteiger partial charge in [-0.1, -0.05) is 152 Å². The highest BCUT2D eigenvalue weighted by molar-refractivity contribution is 7.47. The van der Waals surface area contributed by atoms with Crippen LogP contribution in [0, 0.1) is 0 Å². The maximum Gasteiger partial charge on any atom is 0.472 e. The van der Waals surface area contributed by atoms with Crippen molar-refractivity contribution in [3.05, 3.63) is 48.6 Å². The molecule has 0 aromatic heterocycles. The van der Waals surface area contributed by atoms with Crippen LogP contribution < -0.4 is 5.73 Å². The molecule has 3 unspecified atom stereocenters. The van der Waals surface area contributed by atoms with E-state index in [0.717, 1.165) is 25.7 Å². The summed E-state index contributed by atoms with van der Waals surface area (Å²) in [7, 11) is -4.41. The first-order valence-corrected chi connectivity index (χ1v) is 21.7. The molecule has 11 heteroatoms. The first-order chi connectivity index (χ1) is 25.2. The van der Waals surface area contributed by atoms with E-state index in [1.165, 1.54) is 83.5 Å². The van der Waals surface area contributed by atoms with Gasteiger partial charge < -0.3 is 25.2 Å². The van der Waals surface area contributed by atoms with Crippen molar-refractivity contribution in [3.8, 4) is 0 Å². The average Bonchev–Trinajstić information content (AvgIpc) is 3.12. The third kappa shape index (κ3) is 36.3. The number of esters is 2. The highest BCUT2D eigenvalue weighted by Crippen LogP contribution is 2.43. The molecule has 3 atom stereocenters. The Kier molecular flexibility index (Phi) is 35.8. The van der Waals surface area contributed by atoms with E-state index in [1.54, 1.807) is 6.08 Å². The fourth-order valence-electron chi connectivity index (χ4n) is 5.24. The highest BCUT2D eigenvalue weighted by Gasteiger charge is 2.25. The first-order valence-electron chi connectivity index (χ1n) is 20.2. The normalized spacial score (nSPS) is 14.5. The van der Waals surface area contributed by atoms with Gasteiger partial charge in [-0.25, -0.2) is 4.57 Å². The molecule has 0 radical (unpaired) electrons. The summed E-state index contributed by atoms with van der Waals surface area (Å²) in [5.41, 5.74) is 5.33. The van der Waals surface area contributed by atoms with Gasteiger partial charge in [0.1, 0.15) is 6.61 Å². The van der Waals surface area contributed by atoms with E-state index in [1.807, 2.05) is 30.4 Å². The predicted octanol–water partition coefficient (Wildman–Crippen LogP) is 10.1. The van der Waals surface area contributed by atoms with Crippen molar-refractivity contribution < 1.29 is 42.7 Å². The number of carbonyl (C=O) groups is 2. The molecule has 0 aromatic carbocycles. The Morgan fingerprint density at radius 2 is 1.25 bits per heavy atom. The van der Waals surface area contributed by atoms with Gasteiger partial charge in [0.25, 0.3) is 0 Å². The minimum absolute atomic E-state index is 0.0297. The molecule has 10 nitrogen and oxygen atoms in total. The summed E-state index contributed by atoms with van der Waals surface area (Å²) in [4.78, 5) is 34.7. The number of phosphoric ester groups is 1. The molecule has 4 N–H and O–H groups in total. The second-order valence-corrected chi connectivity index (χ2v) is 14.8. The van der Waals surface area contributed by atoms with Crippen LogP contribution in [0.4, 0.5) is 0 Å². The summed E-state index contributed by atoms with van der Waals surface area (Å²) < 4.78 is 32.6. The molecule has 0 spiro atoms. The number of nitrogens with two attached hydrogens (primary N) is 1. The Bertz CT molecular complexity index is 1010. The molecule has 0 aliphatic heterocycles. The molecule has 0 amide bonds. The third-order valence-corrected chi connectivity index (χ3v) is 9.28. The SMILES string of the molecule is CCCCC/C=C\C/C=C\C=C/C(O)C/C=C\CCCC(=O)OC(COC(=O)CCCCCCCCCCCCCCC)COP(=O)(O)OCCN. The minimum Gasteiger partial charge on any atom is -0.462 e. The van der Waals surface area contributed by atoms with Crippen LogP contribution in [-0.4, -0.2) is 60.5 Å². The van der Waals surface area contributed by atoms with Gasteiger partial charge in [0.2, 0.25) is 0 Å². The Labute approximate surface area is 316 Å². The number of phosphoric acid groups is 1. The number of unbranched alkanes of at least 4 members (excludes halogenated alkanes) is 16. The lowest BCUT2D eigenvalue weighted by Gasteiger charge is -2.19. The third-order valence-electron chi connectivity index (χ3n) is 8.30. The lowest BCUT2D eigenvalue weighted by molar-refractivity contribution is -0.161. The van der Waals surface area contributed by atoms with Crippen LogP contribution in [0.5, 0.6) is 0 Å². The van der Waals surface area contributed by atoms with Gasteiger partial charge in [-0.2, -0.15) is 0 Å². The van der Waals surface area contributed by atoms with Gasteiger partial charge in [0, 0.05) is 19.4 Å². The van der Waals surface area contributed by atoms with Gasteiger partial charge in [-0.15, -0.1) is 0 Å². The fourth-order valence-corrected chi connectivity index (χ4v) is 6.00. The topological polar surface area (TPSA) is 155 Å². The van der Waals surface area contributed by atoms with Crippen molar-refractivity contribution in [2.75, 3.05) is 26.4 Å². The first kappa shape index (κ1) is 49.9. The Balaban J connectivity index is 4.39. The van der Waals surface area contributed by atoms with Gasteiger partial charge >= 0.3 is 19.8 Å². The van der Waals surface area contributed by atoms with E-state index in [4.69, 9.17) is 24.3 Å². The molecule has 0 heterocycles. The Morgan fingerprint density at radius 1 is 0.673 bits per heavy atom. The van der Waals surface area contributed by atoms with Crippen LogP contribution in [-0.2, 0) is 32.7 Å². The smallest absolute Gasteiger partial charge is 0.462 e. The molecule has 302 valence electrons. The summed E-state index contributed by atoms with van der Waals surface area (Å²) in [6, 6.07) is 0. The second-order valence-electron chi connectivity index (χ2n) is 13.4. The van der Waals surface area contributed by atoms with Crippen LogP contribution in [0.1, 0.15) is 162 Å². The second kappa shape index (κ2) is 37.3. The summed E-state index contributed by atoms with van der Waals surface area (Å²) >= 11 is 0. The van der Waals surface area contributed by atoms with Gasteiger partial charge in [0.05, 0.1) is 19.3 Å². The zero-order valence-electron chi connectivity index (χ0n) is 32.6. The molecule has 0 saturated heterocycles. The zero-order chi connectivity index (χ0) is 38.4. The number of allylic oxidation sites excluding steroid dienone is 6. The van der Waals surface area contributed by atoms with Crippen LogP contribution in [0.3, 0.4) is 0 Å². The number of hydrogen-bond donors (Lipinski definition) is 3. The summed E-state index contributed by atoms with van der Waals surface area (Å²) in [5, 5.41) is 10.1. The van der Waals surface area contributed by atoms with Crippen molar-refractivity contribution in [1.82, 2.24) is 0 Å². The number of hydrogen-bond acceptors (Lipinski definition) is 9. The van der Waals surface area contributed by atoms with Crippen molar-refractivity contribution >= 4 is 19.8 Å². The van der Waals surface area contributed by atoms with Crippen molar-refractivity contribution in [2.45, 2.75) is 174 Å². The van der Waals surface area contributed by atoms with Crippen molar-refractivity contribution in [1.29, 1.82) is 0 Å². The van der Waals surface area contributed by atoms with Crippen LogP contribution >= 0.6 is 7.82 Å². The Morgan fingerprint density at radius 3 is 1.90 bits per heavy atom. The quantitative estimate of drug-likeness (QED) is 0.0183. The molecular weight excluding hydrogens is 681 g/mol. The predicted molar refractivity (Wildman–Crippen MR) is 212 cm³/mol. The number of aliphatic hydroxyl groups excluding tert-OH is 1. The van der Waals surface area contributed by atoms with Gasteiger partial charge in [-0.3, -0.25) is 18.6 Å². The highest BCUT2D eigenvalue weighted by atomic mass is 31.2. The van der Waals surface area contributed by atoms with E-state index < -0.39 is 38.6 Å². The van der Waals surface area contributed by atoms with Crippen LogP contribution in [0.25, 0.3) is 0 Å². The lowest BCUT2D eigenvalue weighted by atomic mass is 10.0. The molecule has 0 bridgehead atoms. The summed E-state index contributed by atoms with van der Waals surface area (Å²) in [6.07, 6.45) is 37.4. The monoisotopic (exact) mass is 756 g/mol. The number of ether oxygens (including phenoxy) is 2. The molecule has 0 fully saturated rings. The number of aliphatic hydroxyl groups is 1. The molecule has 52 heavy (non-hydrogen) atoms. The average molecular weight is 756 g/mol. The fraction of sp³-hybridized carbons (Fsp3) is 0.756. The van der Waals surface area contributed by atoms with E-state index >= 15 is 0 Å². The standard InChI is InChI=1S/C41H74NO9P/c1-3-5-7-9-11-13-15-16-17-19-21-23-28-32-40(44)48-36-39(37-50-52(46,47)49-35-34-42)51-41(45)33-29-25-24-27-31-38(43)30-26-22-20-18-14-12-10-8-6-4-2/h12,14,20,22,24,26-27,30,38-39,43H,3-11,13,15-19,21,23,25,28-29,31-37,42H2,1-2H3,(H,46,47)/b14-12-,22-20-,27-24-,30-26-. The molecule has 0 aromatic rings. The van der Waals surface area contributed by atoms with E-state index in [0.29, 0.717) is 25.7 Å². The van der Waals surface area contributed by atoms with Gasteiger partial charge in [-0.05, 0) is 44.9 Å². The number of carbonyl (C=O) groups excluding carboxylic acids is 2. The number of rotatable bonds is 37. The molecule has 0 aliphatic carbocycles. The van der Waals surface area contributed by atoms with Crippen molar-refractivity contribution in [3.63, 3.8) is 0 Å². The largest absolute Gasteiger partial charge is 0.472 e. The maximum absolute atomic E-state index is 12.5. The Hall–Kier alpha value is -2.07. The summed E-state index contributed by atoms with van der Waals surface area (Å²) in [6.45, 7) is 3.51. The molecule has 0 rings (SSSR count). The lowest BCUT2D eigenvalue weighted by Crippen LogP contribution is -2.29. The van der Waals surface area contributed by atoms with Gasteiger partial charge in [0.15, 0.2) is 6.10 Å². The molecule has 0 aliphatic rings.